The van der Waals surface area contributed by atoms with E-state index in [2.05, 4.69) is 51.5 Å². The Kier molecular flexibility index (Phi) is 3.87. The molecular weight excluding hydrogens is 248 g/mol. The van der Waals surface area contributed by atoms with Gasteiger partial charge in [0, 0.05) is 9.78 Å². The number of hydrogen-bond donors (Lipinski definition) is 0. The molecule has 50 valence electrons. The fraction of sp³-hybridized carbons (Fsp3) is 1.00. The minimum atomic E-state index is -0.891. The van der Waals surface area contributed by atoms with E-state index in [9.17, 15) is 0 Å². The summed E-state index contributed by atoms with van der Waals surface area (Å²) in [4.78, 5) is 0. The lowest BCUT2D eigenvalue weighted by molar-refractivity contribution is 1.35. The van der Waals surface area contributed by atoms with Gasteiger partial charge in [0.1, 0.15) is 0 Å². The van der Waals surface area contributed by atoms with E-state index >= 15 is 0 Å². The summed E-state index contributed by atoms with van der Waals surface area (Å²) in [5, 5.41) is 1.09. The van der Waals surface area contributed by atoms with Gasteiger partial charge in [-0.1, -0.05) is 51.5 Å². The van der Waals surface area contributed by atoms with Crippen molar-refractivity contribution in [3.05, 3.63) is 0 Å². The van der Waals surface area contributed by atoms with Crippen LogP contribution < -0.4 is 0 Å². The van der Waals surface area contributed by atoms with Crippen molar-refractivity contribution < 1.29 is 0 Å². The highest BCUT2D eigenvalue weighted by atomic mass is 79.9. The lowest BCUT2D eigenvalue weighted by Gasteiger charge is -2.20. The van der Waals surface area contributed by atoms with Crippen LogP contribution in [0.5, 0.6) is 0 Å². The van der Waals surface area contributed by atoms with Crippen LogP contribution in [-0.2, 0) is 0 Å². The first-order chi connectivity index (χ1) is 3.48. The molecule has 0 aliphatic rings. The molecule has 0 N–H and O–H groups in total. The summed E-state index contributed by atoms with van der Waals surface area (Å²) in [5.41, 5.74) is 0. The van der Waals surface area contributed by atoms with Gasteiger partial charge >= 0.3 is 0 Å². The van der Waals surface area contributed by atoms with Gasteiger partial charge in [-0.15, -0.1) is 0 Å². The van der Waals surface area contributed by atoms with E-state index in [0.29, 0.717) is 0 Å². The van der Waals surface area contributed by atoms with Gasteiger partial charge in [-0.2, -0.15) is 0 Å². The molecular formula is C5H12Br2Si. The van der Waals surface area contributed by atoms with Crippen LogP contribution in [0.15, 0.2) is 0 Å². The van der Waals surface area contributed by atoms with Gasteiger partial charge in [0.15, 0.2) is 0 Å². The molecule has 0 saturated heterocycles. The summed E-state index contributed by atoms with van der Waals surface area (Å²) in [7, 11) is -0.891. The minimum absolute atomic E-state index is 0.718. The van der Waals surface area contributed by atoms with Gasteiger partial charge in [-0.25, -0.2) is 0 Å². The van der Waals surface area contributed by atoms with Gasteiger partial charge in [0.05, 0.1) is 8.07 Å². The van der Waals surface area contributed by atoms with Crippen molar-refractivity contribution in [2.24, 2.45) is 0 Å². The molecule has 0 rings (SSSR count). The molecule has 0 fully saturated rings. The van der Waals surface area contributed by atoms with Gasteiger partial charge in [-0.05, 0) is 0 Å². The Balaban J connectivity index is 3.62. The summed E-state index contributed by atoms with van der Waals surface area (Å²) in [6.07, 6.45) is 0. The van der Waals surface area contributed by atoms with Crippen LogP contribution in [0, 0.1) is 0 Å². The highest BCUT2D eigenvalue weighted by molar-refractivity contribution is 9.12. The van der Waals surface area contributed by atoms with Crippen molar-refractivity contribution in [3.8, 4) is 0 Å². The molecule has 0 spiro atoms. The largest absolute Gasteiger partial charge is 0.0919 e. The zero-order chi connectivity index (χ0) is 6.78. The van der Waals surface area contributed by atoms with E-state index in [4.69, 9.17) is 0 Å². The average molecular weight is 260 g/mol. The van der Waals surface area contributed by atoms with E-state index in [1.165, 1.54) is 0 Å². The molecule has 8 heavy (non-hydrogen) atoms. The molecule has 1 unspecified atom stereocenters. The molecule has 0 amide bonds. The first-order valence-corrected chi connectivity index (χ1v) is 8.30. The number of hydrogen-bond acceptors (Lipinski definition) is 0. The molecule has 0 aromatic heterocycles. The minimum Gasteiger partial charge on any atom is -0.0919 e. The summed E-state index contributed by atoms with van der Waals surface area (Å²) in [6.45, 7) is 7.06. The fourth-order valence-electron chi connectivity index (χ4n) is 0.231. The van der Waals surface area contributed by atoms with Crippen molar-refractivity contribution in [3.63, 3.8) is 0 Å². The smallest absolute Gasteiger partial charge is 0.0606 e. The maximum absolute atomic E-state index is 3.61. The van der Waals surface area contributed by atoms with Crippen molar-refractivity contribution in [1.82, 2.24) is 0 Å². The van der Waals surface area contributed by atoms with Crippen molar-refractivity contribution in [1.29, 1.82) is 0 Å². The average Bonchev–Trinajstić information content (AvgIpc) is 1.62. The quantitative estimate of drug-likeness (QED) is 0.528. The van der Waals surface area contributed by atoms with Crippen molar-refractivity contribution in [2.75, 3.05) is 5.33 Å². The van der Waals surface area contributed by atoms with Crippen LogP contribution in [0.2, 0.25) is 19.6 Å². The van der Waals surface area contributed by atoms with Crippen molar-refractivity contribution in [2.45, 2.75) is 24.1 Å². The number of alkyl halides is 2. The van der Waals surface area contributed by atoms with Crippen LogP contribution in [0.4, 0.5) is 0 Å². The zero-order valence-corrected chi connectivity index (χ0v) is 9.71. The third-order valence-corrected chi connectivity index (χ3v) is 9.72. The van der Waals surface area contributed by atoms with Gasteiger partial charge in [0.2, 0.25) is 0 Å². The Hall–Kier alpha value is 1.18. The molecule has 0 radical (unpaired) electrons. The third-order valence-electron chi connectivity index (χ3n) is 1.08. The standard InChI is InChI=1S/C5H12Br2Si/c1-8(2,3)5(7)4-6/h5H,4H2,1-3H3. The molecule has 1 atom stereocenters. The van der Waals surface area contributed by atoms with E-state index in [1.54, 1.807) is 0 Å². The molecule has 3 heteroatoms. The monoisotopic (exact) mass is 258 g/mol. The highest BCUT2D eigenvalue weighted by Gasteiger charge is 2.22. The number of halogens is 2. The lowest BCUT2D eigenvalue weighted by Crippen LogP contribution is -2.34. The molecule has 0 nitrogen and oxygen atoms in total. The van der Waals surface area contributed by atoms with Crippen molar-refractivity contribution >= 4 is 39.9 Å². The number of rotatable bonds is 2. The SMILES string of the molecule is C[Si](C)(C)C(Br)CBr. The van der Waals surface area contributed by atoms with Crippen LogP contribution in [0.3, 0.4) is 0 Å². The Morgan fingerprint density at radius 1 is 1.38 bits per heavy atom. The lowest BCUT2D eigenvalue weighted by atomic mass is 11.0. The molecule has 0 aromatic rings. The Bertz CT molecular complexity index is 67.3. The molecule has 0 heterocycles. The predicted octanol–water partition coefficient (Wildman–Crippen LogP) is 3.02. The Labute approximate surface area is 69.3 Å². The molecule has 0 saturated carbocycles. The van der Waals surface area contributed by atoms with Crippen LogP contribution in [0.25, 0.3) is 0 Å². The molecule has 0 aromatic carbocycles. The van der Waals surface area contributed by atoms with Gasteiger partial charge in [0.25, 0.3) is 0 Å². The first kappa shape index (κ1) is 9.18. The second-order valence-electron chi connectivity index (χ2n) is 2.99. The highest BCUT2D eigenvalue weighted by Crippen LogP contribution is 2.17. The van der Waals surface area contributed by atoms with Crippen LogP contribution in [0.1, 0.15) is 0 Å². The Morgan fingerprint density at radius 2 is 1.75 bits per heavy atom. The van der Waals surface area contributed by atoms with E-state index in [1.807, 2.05) is 0 Å². The summed E-state index contributed by atoms with van der Waals surface area (Å²) < 4.78 is 0.718. The summed E-state index contributed by atoms with van der Waals surface area (Å²) >= 11 is 7.05. The van der Waals surface area contributed by atoms with E-state index < -0.39 is 8.07 Å². The van der Waals surface area contributed by atoms with E-state index in [0.717, 1.165) is 9.78 Å². The fourth-order valence-corrected chi connectivity index (χ4v) is 3.61. The second-order valence-corrected chi connectivity index (χ2v) is 11.0. The summed E-state index contributed by atoms with van der Waals surface area (Å²) in [5.74, 6) is 0. The molecule has 0 aliphatic carbocycles. The van der Waals surface area contributed by atoms with Gasteiger partial charge < -0.3 is 0 Å². The van der Waals surface area contributed by atoms with E-state index in [-0.39, 0.29) is 0 Å². The maximum Gasteiger partial charge on any atom is 0.0606 e. The predicted molar refractivity (Wildman–Crippen MR) is 49.9 cm³/mol. The normalized spacial score (nSPS) is 16.1. The molecule has 0 bridgehead atoms. The summed E-state index contributed by atoms with van der Waals surface area (Å²) in [6, 6.07) is 0. The van der Waals surface area contributed by atoms with Crippen LogP contribution >= 0.6 is 31.9 Å². The second kappa shape index (κ2) is 3.37. The third kappa shape index (κ3) is 3.25. The van der Waals surface area contributed by atoms with Crippen LogP contribution in [-0.4, -0.2) is 17.9 Å². The molecule has 0 aliphatic heterocycles. The Morgan fingerprint density at radius 3 is 1.75 bits per heavy atom. The maximum atomic E-state index is 3.61. The topological polar surface area (TPSA) is 0 Å². The first-order valence-electron chi connectivity index (χ1n) is 2.68. The zero-order valence-electron chi connectivity index (χ0n) is 5.54. The van der Waals surface area contributed by atoms with Gasteiger partial charge in [-0.3, -0.25) is 0 Å².